The number of hydrogen-bond donors (Lipinski definition) is 1. The number of nitrogens with zero attached hydrogens (tertiary/aromatic N) is 2. The highest BCUT2D eigenvalue weighted by molar-refractivity contribution is 6.36. The Morgan fingerprint density at radius 3 is 2.00 bits per heavy atom. The number of piperazine rings is 1. The van der Waals surface area contributed by atoms with E-state index < -0.39 is 0 Å². The molecule has 1 saturated heterocycles. The summed E-state index contributed by atoms with van der Waals surface area (Å²) >= 11 is 12.0. The Bertz CT molecular complexity index is 865. The molecule has 0 bridgehead atoms. The van der Waals surface area contributed by atoms with E-state index >= 15 is 0 Å². The van der Waals surface area contributed by atoms with Crippen molar-refractivity contribution in [1.29, 1.82) is 0 Å². The molecule has 144 valence electrons. The normalized spacial score (nSPS) is 13.9. The summed E-state index contributed by atoms with van der Waals surface area (Å²) in [5.74, 6) is -0.217. The molecular weight excluding hydrogens is 409 g/mol. The Morgan fingerprint density at radius 1 is 0.889 bits per heavy atom. The Morgan fingerprint density at radius 2 is 1.44 bits per heavy atom. The van der Waals surface area contributed by atoms with Crippen molar-refractivity contribution in [1.82, 2.24) is 9.80 Å². The fourth-order valence-corrected chi connectivity index (χ4v) is 3.48. The molecule has 1 aliphatic rings. The minimum Gasteiger partial charge on any atom is -0.399 e. The number of nitrogens with two attached hydrogens (primary N) is 1. The fraction of sp³-hybridized carbons (Fsp3) is 0.263. The monoisotopic (exact) mass is 427 g/mol. The molecule has 2 N–H and O–H groups in total. The van der Waals surface area contributed by atoms with Gasteiger partial charge in [0.25, 0.3) is 11.8 Å². The third-order valence-electron chi connectivity index (χ3n) is 4.51. The Labute approximate surface area is 174 Å². The van der Waals surface area contributed by atoms with E-state index in [0.29, 0.717) is 53.0 Å². The summed E-state index contributed by atoms with van der Waals surface area (Å²) in [7, 11) is 0. The van der Waals surface area contributed by atoms with Crippen LogP contribution < -0.4 is 5.73 Å². The predicted molar refractivity (Wildman–Crippen MR) is 111 cm³/mol. The highest BCUT2D eigenvalue weighted by atomic mass is 35.5. The summed E-state index contributed by atoms with van der Waals surface area (Å²) in [6.07, 6.45) is 0. The topological polar surface area (TPSA) is 66.6 Å². The Balaban J connectivity index is 0.00000261. The average Bonchev–Trinajstić information content (AvgIpc) is 2.63. The Kier molecular flexibility index (Phi) is 6.98. The first-order valence-corrected chi connectivity index (χ1v) is 9.02. The van der Waals surface area contributed by atoms with Crippen LogP contribution in [0.5, 0.6) is 0 Å². The molecule has 2 aromatic rings. The summed E-state index contributed by atoms with van der Waals surface area (Å²) in [5.41, 5.74) is 8.27. The first-order valence-electron chi connectivity index (χ1n) is 8.26. The van der Waals surface area contributed by atoms with Crippen LogP contribution in [0, 0.1) is 6.92 Å². The Hall–Kier alpha value is -1.95. The molecule has 0 unspecified atom stereocenters. The number of halogens is 3. The maximum absolute atomic E-state index is 12.7. The molecule has 8 heteroatoms. The van der Waals surface area contributed by atoms with Gasteiger partial charge in [-0.05, 0) is 42.8 Å². The van der Waals surface area contributed by atoms with Crippen LogP contribution in [-0.4, -0.2) is 47.8 Å². The summed E-state index contributed by atoms with van der Waals surface area (Å²) in [6.45, 7) is 3.71. The zero-order valence-electron chi connectivity index (χ0n) is 14.7. The maximum atomic E-state index is 12.7. The molecule has 0 aromatic heterocycles. The lowest BCUT2D eigenvalue weighted by atomic mass is 10.1. The quantitative estimate of drug-likeness (QED) is 0.738. The summed E-state index contributed by atoms with van der Waals surface area (Å²) in [6, 6.07) is 10.1. The van der Waals surface area contributed by atoms with Crippen LogP contribution in [0.2, 0.25) is 10.0 Å². The third-order valence-corrected chi connectivity index (χ3v) is 5.06. The van der Waals surface area contributed by atoms with Crippen molar-refractivity contribution in [2.24, 2.45) is 0 Å². The second kappa shape index (κ2) is 8.83. The molecule has 1 aliphatic heterocycles. The molecule has 2 aromatic carbocycles. The van der Waals surface area contributed by atoms with Crippen molar-refractivity contribution in [2.75, 3.05) is 31.9 Å². The molecule has 5 nitrogen and oxygen atoms in total. The summed E-state index contributed by atoms with van der Waals surface area (Å²) in [5, 5.41) is 0.816. The van der Waals surface area contributed by atoms with E-state index in [-0.39, 0.29) is 24.2 Å². The second-order valence-corrected chi connectivity index (χ2v) is 7.13. The number of rotatable bonds is 2. The molecule has 1 fully saturated rings. The predicted octanol–water partition coefficient (Wildman–Crippen LogP) is 3.90. The van der Waals surface area contributed by atoms with Crippen molar-refractivity contribution in [3.8, 4) is 0 Å². The van der Waals surface area contributed by atoms with Crippen molar-refractivity contribution < 1.29 is 9.59 Å². The zero-order valence-corrected chi connectivity index (χ0v) is 17.1. The van der Waals surface area contributed by atoms with Gasteiger partial charge in [0.2, 0.25) is 0 Å². The molecule has 3 rings (SSSR count). The average molecular weight is 429 g/mol. The number of aryl methyl sites for hydroxylation is 1. The molecule has 0 radical (unpaired) electrons. The minimum absolute atomic E-state index is 0. The SMILES string of the molecule is Cc1ccc(N)cc1C(=O)N1CCN(C(=O)c2ccc(Cl)cc2Cl)CC1.Cl. The molecular formula is C19H20Cl3N3O2. The van der Waals surface area contributed by atoms with E-state index in [2.05, 4.69) is 0 Å². The summed E-state index contributed by atoms with van der Waals surface area (Å²) in [4.78, 5) is 28.8. The molecule has 2 amide bonds. The number of amides is 2. The molecule has 27 heavy (non-hydrogen) atoms. The highest BCUT2D eigenvalue weighted by Crippen LogP contribution is 2.23. The van der Waals surface area contributed by atoms with E-state index in [9.17, 15) is 9.59 Å². The van der Waals surface area contributed by atoms with Crippen molar-refractivity contribution in [3.05, 3.63) is 63.1 Å². The number of carbonyl (C=O) groups excluding carboxylic acids is 2. The van der Waals surface area contributed by atoms with Crippen LogP contribution >= 0.6 is 35.6 Å². The minimum atomic E-state index is -0.154. The number of benzene rings is 2. The molecule has 0 spiro atoms. The van der Waals surface area contributed by atoms with Crippen molar-refractivity contribution in [3.63, 3.8) is 0 Å². The first-order chi connectivity index (χ1) is 12.4. The van der Waals surface area contributed by atoms with E-state index in [1.807, 2.05) is 13.0 Å². The van der Waals surface area contributed by atoms with Crippen molar-refractivity contribution in [2.45, 2.75) is 6.92 Å². The number of carbonyl (C=O) groups is 2. The van der Waals surface area contributed by atoms with Crippen LogP contribution in [-0.2, 0) is 0 Å². The lowest BCUT2D eigenvalue weighted by molar-refractivity contribution is 0.0535. The van der Waals surface area contributed by atoms with E-state index in [0.717, 1.165) is 5.56 Å². The zero-order chi connectivity index (χ0) is 18.8. The summed E-state index contributed by atoms with van der Waals surface area (Å²) < 4.78 is 0. The molecule has 0 atom stereocenters. The first kappa shape index (κ1) is 21.4. The van der Waals surface area contributed by atoms with E-state index in [1.165, 1.54) is 0 Å². The lowest BCUT2D eigenvalue weighted by Gasteiger charge is -2.35. The van der Waals surface area contributed by atoms with Crippen LogP contribution in [0.4, 0.5) is 5.69 Å². The van der Waals surface area contributed by atoms with Gasteiger partial charge in [-0.25, -0.2) is 0 Å². The molecule has 0 aliphatic carbocycles. The van der Waals surface area contributed by atoms with Crippen LogP contribution in [0.1, 0.15) is 26.3 Å². The van der Waals surface area contributed by atoms with Gasteiger partial charge in [0.15, 0.2) is 0 Å². The van der Waals surface area contributed by atoms with Gasteiger partial charge in [-0.15, -0.1) is 12.4 Å². The standard InChI is InChI=1S/C19H19Cl2N3O2.ClH/c1-12-2-4-14(22)11-16(12)19(26)24-8-6-23(7-9-24)18(25)15-5-3-13(20)10-17(15)21;/h2-5,10-11H,6-9,22H2,1H3;1H. The third kappa shape index (κ3) is 4.67. The second-order valence-electron chi connectivity index (χ2n) is 6.28. The number of nitrogen functional groups attached to an aromatic ring is 1. The van der Waals surface area contributed by atoms with Gasteiger partial charge in [-0.3, -0.25) is 9.59 Å². The van der Waals surface area contributed by atoms with E-state index in [1.54, 1.807) is 40.1 Å². The fourth-order valence-electron chi connectivity index (χ4n) is 2.99. The number of anilines is 1. The van der Waals surface area contributed by atoms with Gasteiger partial charge in [0.1, 0.15) is 0 Å². The van der Waals surface area contributed by atoms with Gasteiger partial charge in [0.05, 0.1) is 10.6 Å². The van der Waals surface area contributed by atoms with Crippen LogP contribution in [0.3, 0.4) is 0 Å². The highest BCUT2D eigenvalue weighted by Gasteiger charge is 2.27. The smallest absolute Gasteiger partial charge is 0.255 e. The number of hydrogen-bond acceptors (Lipinski definition) is 3. The van der Waals surface area contributed by atoms with Gasteiger partial charge in [-0.1, -0.05) is 29.3 Å². The van der Waals surface area contributed by atoms with E-state index in [4.69, 9.17) is 28.9 Å². The molecule has 0 saturated carbocycles. The van der Waals surface area contributed by atoms with Gasteiger partial charge >= 0.3 is 0 Å². The largest absolute Gasteiger partial charge is 0.399 e. The van der Waals surface area contributed by atoms with Crippen molar-refractivity contribution >= 4 is 53.1 Å². The van der Waals surface area contributed by atoms with Crippen LogP contribution in [0.15, 0.2) is 36.4 Å². The lowest BCUT2D eigenvalue weighted by Crippen LogP contribution is -2.50. The molecule has 1 heterocycles. The van der Waals surface area contributed by atoms with Gasteiger partial charge in [0, 0.05) is 42.5 Å². The van der Waals surface area contributed by atoms with Crippen LogP contribution in [0.25, 0.3) is 0 Å². The van der Waals surface area contributed by atoms with Gasteiger partial charge < -0.3 is 15.5 Å². The van der Waals surface area contributed by atoms with Gasteiger partial charge in [-0.2, -0.15) is 0 Å². The maximum Gasteiger partial charge on any atom is 0.255 e.